The molecule has 0 radical (unpaired) electrons. The number of hydrogen-bond acceptors (Lipinski definition) is 4. The zero-order valence-electron chi connectivity index (χ0n) is 13.5. The van der Waals surface area contributed by atoms with Crippen LogP contribution in [0.15, 0.2) is 6.08 Å². The zero-order valence-corrected chi connectivity index (χ0v) is 15.1. The highest BCUT2D eigenvalue weighted by Gasteiger charge is 2.26. The minimum Gasteiger partial charge on any atom is -0.337 e. The highest BCUT2D eigenvalue weighted by molar-refractivity contribution is 7.89. The van der Waals surface area contributed by atoms with Gasteiger partial charge < -0.3 is 4.90 Å². The van der Waals surface area contributed by atoms with Gasteiger partial charge in [-0.2, -0.15) is 9.40 Å². The summed E-state index contributed by atoms with van der Waals surface area (Å²) in [6, 6.07) is 0. The molecule has 0 N–H and O–H groups in total. The van der Waals surface area contributed by atoms with Crippen LogP contribution in [0.2, 0.25) is 5.15 Å². The summed E-state index contributed by atoms with van der Waals surface area (Å²) in [5, 5.41) is 4.66. The Labute approximate surface area is 141 Å². The highest BCUT2D eigenvalue weighted by atomic mass is 35.5. The minimum absolute atomic E-state index is 0.0830. The van der Waals surface area contributed by atoms with Gasteiger partial charge in [-0.1, -0.05) is 11.6 Å². The molecule has 1 aliphatic rings. The Morgan fingerprint density at radius 1 is 1.30 bits per heavy atom. The van der Waals surface area contributed by atoms with Gasteiger partial charge in [0.1, 0.15) is 5.15 Å². The van der Waals surface area contributed by atoms with Gasteiger partial charge in [0.2, 0.25) is 15.9 Å². The van der Waals surface area contributed by atoms with Crippen molar-refractivity contribution < 1.29 is 13.2 Å². The lowest BCUT2D eigenvalue weighted by Crippen LogP contribution is -2.50. The maximum atomic E-state index is 12.2. The minimum atomic E-state index is -3.19. The number of piperazine rings is 1. The number of aryl methyl sites for hydroxylation is 2. The van der Waals surface area contributed by atoms with Gasteiger partial charge in [-0.25, -0.2) is 8.42 Å². The fraction of sp³-hybridized carbons (Fsp3) is 0.571. The Bertz CT molecular complexity index is 719. The standard InChI is InChI=1S/C14H21ClN4O3S/c1-4-23(21,22)19-9-7-18(8-10-19)13(20)6-5-12-11(2)16-17(3)14(12)15/h5-6H,4,7-10H2,1-3H3/b6-5+. The molecule has 1 amide bonds. The van der Waals surface area contributed by atoms with E-state index in [0.717, 1.165) is 11.3 Å². The number of halogens is 1. The van der Waals surface area contributed by atoms with E-state index in [4.69, 9.17) is 11.6 Å². The lowest BCUT2D eigenvalue weighted by Gasteiger charge is -2.33. The maximum absolute atomic E-state index is 12.2. The van der Waals surface area contributed by atoms with Crippen LogP contribution in [0.4, 0.5) is 0 Å². The van der Waals surface area contributed by atoms with Gasteiger partial charge in [0.15, 0.2) is 0 Å². The van der Waals surface area contributed by atoms with Crippen molar-refractivity contribution in [3.63, 3.8) is 0 Å². The molecule has 23 heavy (non-hydrogen) atoms. The lowest BCUT2D eigenvalue weighted by atomic mass is 10.2. The van der Waals surface area contributed by atoms with E-state index in [9.17, 15) is 13.2 Å². The van der Waals surface area contributed by atoms with Crippen LogP contribution in [0, 0.1) is 6.92 Å². The molecule has 0 spiro atoms. The van der Waals surface area contributed by atoms with Gasteiger partial charge in [-0.3, -0.25) is 9.48 Å². The lowest BCUT2D eigenvalue weighted by molar-refractivity contribution is -0.127. The number of carbonyl (C=O) groups is 1. The SMILES string of the molecule is CCS(=O)(=O)N1CCN(C(=O)/C=C/c2c(C)nn(C)c2Cl)CC1. The number of rotatable bonds is 4. The summed E-state index contributed by atoms with van der Waals surface area (Å²) in [6.45, 7) is 4.90. The van der Waals surface area contributed by atoms with Crippen LogP contribution in [-0.4, -0.2) is 65.2 Å². The molecule has 2 rings (SSSR count). The van der Waals surface area contributed by atoms with Crippen molar-refractivity contribution in [1.29, 1.82) is 0 Å². The first kappa shape index (κ1) is 18.0. The first-order valence-electron chi connectivity index (χ1n) is 7.40. The van der Waals surface area contributed by atoms with Gasteiger partial charge >= 0.3 is 0 Å². The van der Waals surface area contributed by atoms with Crippen molar-refractivity contribution in [2.24, 2.45) is 7.05 Å². The summed E-state index contributed by atoms with van der Waals surface area (Å²) in [7, 11) is -1.45. The molecule has 0 saturated carbocycles. The molecule has 1 aliphatic heterocycles. The molecule has 0 aromatic carbocycles. The second-order valence-electron chi connectivity index (χ2n) is 5.37. The summed E-state index contributed by atoms with van der Waals surface area (Å²) in [4.78, 5) is 13.9. The molecule has 9 heteroatoms. The number of nitrogens with zero attached hydrogens (tertiary/aromatic N) is 4. The Kier molecular flexibility index (Phi) is 5.49. The van der Waals surface area contributed by atoms with E-state index in [-0.39, 0.29) is 11.7 Å². The van der Waals surface area contributed by atoms with Crippen molar-refractivity contribution in [1.82, 2.24) is 19.0 Å². The number of aromatic nitrogens is 2. The molecule has 0 bridgehead atoms. The van der Waals surface area contributed by atoms with E-state index in [0.29, 0.717) is 31.3 Å². The van der Waals surface area contributed by atoms with Crippen LogP contribution in [0.25, 0.3) is 6.08 Å². The van der Waals surface area contributed by atoms with E-state index in [1.54, 1.807) is 29.6 Å². The van der Waals surface area contributed by atoms with Gasteiger partial charge in [-0.15, -0.1) is 0 Å². The number of carbonyl (C=O) groups excluding carboxylic acids is 1. The fourth-order valence-corrected chi connectivity index (χ4v) is 3.79. The number of amides is 1. The Balaban J connectivity index is 1.99. The summed E-state index contributed by atoms with van der Waals surface area (Å²) >= 11 is 6.12. The van der Waals surface area contributed by atoms with E-state index in [1.807, 2.05) is 6.92 Å². The van der Waals surface area contributed by atoms with Crippen molar-refractivity contribution >= 4 is 33.6 Å². The smallest absolute Gasteiger partial charge is 0.246 e. The average Bonchev–Trinajstić information content (AvgIpc) is 2.78. The summed E-state index contributed by atoms with van der Waals surface area (Å²) in [5.41, 5.74) is 1.47. The third-order valence-electron chi connectivity index (χ3n) is 3.90. The van der Waals surface area contributed by atoms with E-state index < -0.39 is 10.0 Å². The van der Waals surface area contributed by atoms with Gasteiger partial charge in [0.05, 0.1) is 11.4 Å². The summed E-state index contributed by atoms with van der Waals surface area (Å²) < 4.78 is 26.6. The normalized spacial score (nSPS) is 17.1. The van der Waals surface area contributed by atoms with Gasteiger partial charge in [-0.05, 0) is 19.9 Å². The molecule has 0 atom stereocenters. The number of sulfonamides is 1. The highest BCUT2D eigenvalue weighted by Crippen LogP contribution is 2.20. The third kappa shape index (κ3) is 3.94. The van der Waals surface area contributed by atoms with Crippen LogP contribution in [-0.2, 0) is 21.9 Å². The molecular weight excluding hydrogens is 340 g/mol. The molecule has 1 saturated heterocycles. The Hall–Kier alpha value is -1.38. The van der Waals surface area contributed by atoms with Crippen molar-refractivity contribution in [3.8, 4) is 0 Å². The van der Waals surface area contributed by atoms with E-state index in [2.05, 4.69) is 5.10 Å². The molecular formula is C14H21ClN4O3S. The van der Waals surface area contributed by atoms with Crippen molar-refractivity contribution in [3.05, 3.63) is 22.5 Å². The number of hydrogen-bond donors (Lipinski definition) is 0. The topological polar surface area (TPSA) is 75.5 Å². The fourth-order valence-electron chi connectivity index (χ4n) is 2.46. The van der Waals surface area contributed by atoms with Crippen LogP contribution < -0.4 is 0 Å². The average molecular weight is 361 g/mol. The Morgan fingerprint density at radius 2 is 1.91 bits per heavy atom. The molecule has 0 unspecified atom stereocenters. The largest absolute Gasteiger partial charge is 0.337 e. The van der Waals surface area contributed by atoms with Crippen molar-refractivity contribution in [2.75, 3.05) is 31.9 Å². The van der Waals surface area contributed by atoms with Crippen LogP contribution in [0.5, 0.6) is 0 Å². The zero-order chi connectivity index (χ0) is 17.2. The van der Waals surface area contributed by atoms with Gasteiger partial charge in [0, 0.05) is 44.9 Å². The van der Waals surface area contributed by atoms with E-state index >= 15 is 0 Å². The second-order valence-corrected chi connectivity index (χ2v) is 7.99. The quantitative estimate of drug-likeness (QED) is 0.747. The second kappa shape index (κ2) is 7.02. The van der Waals surface area contributed by atoms with Crippen LogP contribution >= 0.6 is 11.6 Å². The van der Waals surface area contributed by atoms with Crippen molar-refractivity contribution in [2.45, 2.75) is 13.8 Å². The molecule has 128 valence electrons. The summed E-state index contributed by atoms with van der Waals surface area (Å²) in [6.07, 6.45) is 3.11. The molecule has 1 aromatic heterocycles. The molecule has 7 nitrogen and oxygen atoms in total. The first-order valence-corrected chi connectivity index (χ1v) is 9.39. The van der Waals surface area contributed by atoms with E-state index in [1.165, 1.54) is 10.4 Å². The Morgan fingerprint density at radius 3 is 2.39 bits per heavy atom. The van der Waals surface area contributed by atoms with Gasteiger partial charge in [0.25, 0.3) is 0 Å². The maximum Gasteiger partial charge on any atom is 0.246 e. The molecule has 1 aromatic rings. The third-order valence-corrected chi connectivity index (χ3v) is 6.23. The first-order chi connectivity index (χ1) is 10.8. The molecule has 2 heterocycles. The van der Waals surface area contributed by atoms with Crippen LogP contribution in [0.3, 0.4) is 0 Å². The monoisotopic (exact) mass is 360 g/mol. The predicted octanol–water partition coefficient (Wildman–Crippen LogP) is 0.889. The summed E-state index contributed by atoms with van der Waals surface area (Å²) in [5.74, 6) is -0.0718. The molecule has 0 aliphatic carbocycles. The predicted molar refractivity (Wildman–Crippen MR) is 89.6 cm³/mol. The molecule has 1 fully saturated rings. The van der Waals surface area contributed by atoms with Crippen LogP contribution in [0.1, 0.15) is 18.2 Å².